The number of morpholine rings is 1. The second-order valence-electron chi connectivity index (χ2n) is 7.32. The number of thiazole rings is 1. The molecule has 2 aromatic rings. The van der Waals surface area contributed by atoms with Crippen molar-refractivity contribution in [1.29, 1.82) is 0 Å². The molecule has 0 aliphatic carbocycles. The average molecular weight is 375 g/mol. The molecule has 7 heteroatoms. The number of nitrogens with zero attached hydrogens (tertiary/aromatic N) is 3. The fourth-order valence-electron chi connectivity index (χ4n) is 3.75. The molecule has 2 aliphatic heterocycles. The van der Waals surface area contributed by atoms with Crippen molar-refractivity contribution in [1.82, 2.24) is 9.88 Å². The molecule has 0 N–H and O–H groups in total. The molecule has 140 valence electrons. The minimum atomic E-state index is -0.244. The first-order valence-corrected chi connectivity index (χ1v) is 9.95. The van der Waals surface area contributed by atoms with E-state index in [1.807, 2.05) is 17.9 Å². The third-order valence-corrected chi connectivity index (χ3v) is 6.69. The van der Waals surface area contributed by atoms with Crippen LogP contribution in [-0.2, 0) is 4.74 Å². The molecular formula is C19H25N3O3S. The Bertz CT molecular complexity index is 785. The number of rotatable bonds is 2. The monoisotopic (exact) mass is 375 g/mol. The molecule has 1 spiro atoms. The van der Waals surface area contributed by atoms with Crippen LogP contribution in [0.5, 0.6) is 0 Å². The summed E-state index contributed by atoms with van der Waals surface area (Å²) >= 11 is 1.76. The number of furan rings is 1. The Kier molecular flexibility index (Phi) is 4.52. The molecule has 0 saturated carbocycles. The van der Waals surface area contributed by atoms with Crippen molar-refractivity contribution < 1.29 is 13.9 Å². The lowest BCUT2D eigenvalue weighted by atomic mass is 9.89. The lowest BCUT2D eigenvalue weighted by molar-refractivity contribution is -0.112. The van der Waals surface area contributed by atoms with Crippen molar-refractivity contribution in [2.24, 2.45) is 0 Å². The number of hydrogen-bond acceptors (Lipinski definition) is 6. The van der Waals surface area contributed by atoms with Gasteiger partial charge in [0, 0.05) is 30.1 Å². The quantitative estimate of drug-likeness (QED) is 0.807. The fourth-order valence-corrected chi connectivity index (χ4v) is 4.71. The van der Waals surface area contributed by atoms with Crippen LogP contribution in [0, 0.1) is 20.8 Å². The van der Waals surface area contributed by atoms with E-state index in [-0.39, 0.29) is 11.5 Å². The zero-order valence-corrected chi connectivity index (χ0v) is 16.4. The summed E-state index contributed by atoms with van der Waals surface area (Å²) in [6.45, 7) is 9.75. The molecule has 0 atom stereocenters. The van der Waals surface area contributed by atoms with Gasteiger partial charge < -0.3 is 19.0 Å². The minimum Gasteiger partial charge on any atom is -0.459 e. The molecule has 0 bridgehead atoms. The second-order valence-corrected chi connectivity index (χ2v) is 8.50. The number of carbonyl (C=O) groups is 1. The molecule has 6 nitrogen and oxygen atoms in total. The van der Waals surface area contributed by atoms with Crippen LogP contribution in [0.1, 0.15) is 39.5 Å². The number of aromatic nitrogens is 1. The van der Waals surface area contributed by atoms with Gasteiger partial charge in [-0.3, -0.25) is 4.79 Å². The third kappa shape index (κ3) is 3.14. The van der Waals surface area contributed by atoms with Crippen LogP contribution in [0.15, 0.2) is 16.7 Å². The van der Waals surface area contributed by atoms with Crippen LogP contribution >= 0.6 is 11.3 Å². The van der Waals surface area contributed by atoms with Gasteiger partial charge in [-0.2, -0.15) is 0 Å². The molecule has 2 fully saturated rings. The van der Waals surface area contributed by atoms with Crippen LogP contribution in [0.2, 0.25) is 0 Å². The molecule has 26 heavy (non-hydrogen) atoms. The second kappa shape index (κ2) is 6.70. The van der Waals surface area contributed by atoms with Crippen LogP contribution < -0.4 is 4.90 Å². The zero-order chi connectivity index (χ0) is 18.3. The lowest BCUT2D eigenvalue weighted by Crippen LogP contribution is -2.58. The Hall–Kier alpha value is -1.86. The summed E-state index contributed by atoms with van der Waals surface area (Å²) in [7, 11) is 0. The molecule has 4 rings (SSSR count). The Labute approximate surface area is 157 Å². The Morgan fingerprint density at radius 1 is 1.23 bits per heavy atom. The Balaban J connectivity index is 1.43. The van der Waals surface area contributed by atoms with Crippen molar-refractivity contribution in [2.45, 2.75) is 39.2 Å². The van der Waals surface area contributed by atoms with Gasteiger partial charge >= 0.3 is 0 Å². The van der Waals surface area contributed by atoms with Gasteiger partial charge in [-0.15, -0.1) is 11.3 Å². The summed E-state index contributed by atoms with van der Waals surface area (Å²) in [6.07, 6.45) is 3.40. The number of carbonyl (C=O) groups excluding carboxylic acids is 1. The molecule has 0 radical (unpaired) electrons. The molecule has 2 aliphatic rings. The highest BCUT2D eigenvalue weighted by Crippen LogP contribution is 2.34. The fraction of sp³-hybridized carbons (Fsp3) is 0.579. The normalized spacial score (nSPS) is 20.0. The molecule has 2 aromatic heterocycles. The summed E-state index contributed by atoms with van der Waals surface area (Å²) in [4.78, 5) is 23.0. The Morgan fingerprint density at radius 3 is 2.62 bits per heavy atom. The van der Waals surface area contributed by atoms with E-state index in [9.17, 15) is 4.79 Å². The third-order valence-electron chi connectivity index (χ3n) is 5.55. The molecule has 0 aromatic carbocycles. The van der Waals surface area contributed by atoms with Gasteiger partial charge in [0.05, 0.1) is 30.7 Å². The summed E-state index contributed by atoms with van der Waals surface area (Å²) in [6, 6.07) is 1.83. The highest BCUT2D eigenvalue weighted by atomic mass is 32.1. The molecule has 0 unspecified atom stereocenters. The average Bonchev–Trinajstić information content (AvgIpc) is 3.21. The Morgan fingerprint density at radius 2 is 2.00 bits per heavy atom. The predicted octanol–water partition coefficient (Wildman–Crippen LogP) is 3.17. The maximum absolute atomic E-state index is 12.8. The number of ether oxygens (including phenoxy) is 1. The van der Waals surface area contributed by atoms with E-state index in [1.54, 1.807) is 17.6 Å². The topological polar surface area (TPSA) is 58.8 Å². The van der Waals surface area contributed by atoms with Crippen molar-refractivity contribution in [3.8, 4) is 0 Å². The van der Waals surface area contributed by atoms with E-state index in [0.717, 1.165) is 42.3 Å². The summed E-state index contributed by atoms with van der Waals surface area (Å²) in [5.41, 5.74) is 1.76. The maximum atomic E-state index is 12.8. The standard InChI is InChI=1S/C19H25N3O3S/c1-13-4-10-24-16(13)17(23)22-9-11-25-19(12-22)5-7-21(8-6-19)18-20-14(2)15(3)26-18/h4,10H,5-9,11-12H2,1-3H3. The van der Waals surface area contributed by atoms with Crippen LogP contribution in [0.25, 0.3) is 0 Å². The van der Waals surface area contributed by atoms with Crippen molar-refractivity contribution in [2.75, 3.05) is 37.7 Å². The first-order valence-electron chi connectivity index (χ1n) is 9.14. The van der Waals surface area contributed by atoms with Crippen LogP contribution in [-0.4, -0.2) is 54.2 Å². The van der Waals surface area contributed by atoms with Gasteiger partial charge in [-0.25, -0.2) is 4.98 Å². The molecular weight excluding hydrogens is 350 g/mol. The zero-order valence-electron chi connectivity index (χ0n) is 15.6. The van der Waals surface area contributed by atoms with E-state index in [4.69, 9.17) is 9.15 Å². The summed E-state index contributed by atoms with van der Waals surface area (Å²) < 4.78 is 11.6. The van der Waals surface area contributed by atoms with E-state index in [1.165, 1.54) is 4.88 Å². The van der Waals surface area contributed by atoms with Gasteiger partial charge in [0.2, 0.25) is 0 Å². The predicted molar refractivity (Wildman–Crippen MR) is 101 cm³/mol. The van der Waals surface area contributed by atoms with E-state index >= 15 is 0 Å². The number of hydrogen-bond donors (Lipinski definition) is 0. The number of amides is 1. The van der Waals surface area contributed by atoms with E-state index in [2.05, 4.69) is 23.7 Å². The summed E-state index contributed by atoms with van der Waals surface area (Å²) in [5, 5.41) is 1.10. The minimum absolute atomic E-state index is 0.0243. The number of aryl methyl sites for hydroxylation is 3. The molecule has 1 amide bonds. The highest BCUT2D eigenvalue weighted by molar-refractivity contribution is 7.15. The van der Waals surface area contributed by atoms with Gasteiger partial charge in [0.25, 0.3) is 5.91 Å². The summed E-state index contributed by atoms with van der Waals surface area (Å²) in [5.74, 6) is 0.428. The van der Waals surface area contributed by atoms with Crippen LogP contribution in [0.4, 0.5) is 5.13 Å². The van der Waals surface area contributed by atoms with Gasteiger partial charge in [-0.1, -0.05) is 0 Å². The molecule has 2 saturated heterocycles. The van der Waals surface area contributed by atoms with E-state index < -0.39 is 0 Å². The van der Waals surface area contributed by atoms with Crippen molar-refractivity contribution >= 4 is 22.4 Å². The lowest BCUT2D eigenvalue weighted by Gasteiger charge is -2.47. The van der Waals surface area contributed by atoms with Crippen molar-refractivity contribution in [3.05, 3.63) is 34.2 Å². The van der Waals surface area contributed by atoms with Crippen LogP contribution in [0.3, 0.4) is 0 Å². The maximum Gasteiger partial charge on any atom is 0.290 e. The SMILES string of the molecule is Cc1ccoc1C(=O)N1CCOC2(CCN(c3nc(C)c(C)s3)CC2)C1. The highest BCUT2D eigenvalue weighted by Gasteiger charge is 2.42. The first kappa shape index (κ1) is 17.5. The van der Waals surface area contributed by atoms with Gasteiger partial charge in [-0.05, 0) is 39.7 Å². The number of anilines is 1. The van der Waals surface area contributed by atoms with E-state index in [0.29, 0.717) is 25.5 Å². The largest absolute Gasteiger partial charge is 0.459 e. The smallest absolute Gasteiger partial charge is 0.290 e. The first-order chi connectivity index (χ1) is 12.5. The van der Waals surface area contributed by atoms with Gasteiger partial charge in [0.1, 0.15) is 0 Å². The van der Waals surface area contributed by atoms with Gasteiger partial charge in [0.15, 0.2) is 10.9 Å². The molecule has 4 heterocycles. The van der Waals surface area contributed by atoms with Crippen molar-refractivity contribution in [3.63, 3.8) is 0 Å². The number of piperidine rings is 1.